The third kappa shape index (κ3) is 8.65. The monoisotopic (exact) mass is 796 g/mol. The van der Waals surface area contributed by atoms with Crippen LogP contribution in [-0.2, 0) is 35.3 Å². The number of nitrogens with one attached hydrogen (secondary N) is 3. The number of sulfonamides is 1. The lowest BCUT2D eigenvalue weighted by Crippen LogP contribution is -2.58. The quantitative estimate of drug-likeness (QED) is 0.279. The van der Waals surface area contributed by atoms with Gasteiger partial charge in [0.15, 0.2) is 5.82 Å². The molecule has 14 nitrogen and oxygen atoms in total. The highest BCUT2D eigenvalue weighted by Gasteiger charge is 2.63. The van der Waals surface area contributed by atoms with E-state index in [1.54, 1.807) is 26.8 Å². The third-order valence-electron chi connectivity index (χ3n) is 10.3. The van der Waals surface area contributed by atoms with E-state index >= 15 is 0 Å². The van der Waals surface area contributed by atoms with E-state index in [-0.39, 0.29) is 18.4 Å². The Morgan fingerprint density at radius 2 is 1.80 bits per heavy atom. The number of carbonyl (C=O) groups excluding carboxylic acids is 4. The summed E-state index contributed by atoms with van der Waals surface area (Å²) in [6, 6.07) is 0.609. The topological polar surface area (TPSA) is 186 Å². The SMILES string of the molecule is CC(C)(C)OC(=O)N[C@H]1CCCCC/C=C\[C@@H]2C[C@@]2(C(=O)NS(=O)(=O)C2(C)CC2)NC(=O)[C@@H]2C[C@@H](Oc3nc4c(F)cccc4nc3C(F)(F)F)CN2C1=O. The van der Waals surface area contributed by atoms with Crippen LogP contribution in [0.25, 0.3) is 11.0 Å². The molecule has 300 valence electrons. The number of para-hydroxylation sites is 1. The number of alkyl halides is 3. The van der Waals surface area contributed by atoms with Gasteiger partial charge in [0.2, 0.25) is 33.4 Å². The maximum Gasteiger partial charge on any atom is 0.438 e. The zero-order chi connectivity index (χ0) is 40.1. The summed E-state index contributed by atoms with van der Waals surface area (Å²) >= 11 is 0. The van der Waals surface area contributed by atoms with Crippen molar-refractivity contribution in [1.82, 2.24) is 30.2 Å². The summed E-state index contributed by atoms with van der Waals surface area (Å²) in [5.41, 5.74) is -5.06. The number of allylic oxidation sites excluding steroid dienone is 1. The maximum absolute atomic E-state index is 14.7. The van der Waals surface area contributed by atoms with Crippen molar-refractivity contribution in [2.24, 2.45) is 5.92 Å². The zero-order valence-electron chi connectivity index (χ0n) is 30.8. The van der Waals surface area contributed by atoms with Crippen molar-refractivity contribution in [3.8, 4) is 5.88 Å². The molecular weight excluding hydrogens is 752 g/mol. The van der Waals surface area contributed by atoms with Crippen LogP contribution in [0.2, 0.25) is 0 Å². The molecule has 0 bridgehead atoms. The Bertz CT molecular complexity index is 2020. The molecule has 2 aliphatic heterocycles. The second-order valence-electron chi connectivity index (χ2n) is 15.9. The van der Waals surface area contributed by atoms with Crippen molar-refractivity contribution in [1.29, 1.82) is 0 Å². The van der Waals surface area contributed by atoms with Gasteiger partial charge in [-0.2, -0.15) is 13.2 Å². The van der Waals surface area contributed by atoms with Crippen LogP contribution in [0.1, 0.15) is 91.2 Å². The molecule has 5 atom stereocenters. The van der Waals surface area contributed by atoms with E-state index in [0.29, 0.717) is 38.5 Å². The average molecular weight is 797 g/mol. The van der Waals surface area contributed by atoms with E-state index in [4.69, 9.17) is 9.47 Å². The summed E-state index contributed by atoms with van der Waals surface area (Å²) in [5.74, 6) is -5.26. The van der Waals surface area contributed by atoms with E-state index < -0.39 is 116 Å². The van der Waals surface area contributed by atoms with E-state index in [1.165, 1.54) is 13.0 Å². The van der Waals surface area contributed by atoms with Crippen LogP contribution < -0.4 is 20.1 Å². The number of amides is 4. The number of aromatic nitrogens is 2. The fourth-order valence-electron chi connectivity index (χ4n) is 6.85. The largest absolute Gasteiger partial charge is 0.471 e. The first-order valence-electron chi connectivity index (χ1n) is 18.2. The molecule has 55 heavy (non-hydrogen) atoms. The van der Waals surface area contributed by atoms with Gasteiger partial charge in [-0.1, -0.05) is 31.1 Å². The summed E-state index contributed by atoms with van der Waals surface area (Å²) in [7, 11) is -4.11. The lowest BCUT2D eigenvalue weighted by atomic mass is 10.0. The van der Waals surface area contributed by atoms with Crippen LogP contribution in [0, 0.1) is 11.7 Å². The van der Waals surface area contributed by atoms with Crippen molar-refractivity contribution in [2.75, 3.05) is 6.54 Å². The summed E-state index contributed by atoms with van der Waals surface area (Å²) in [4.78, 5) is 63.7. The Morgan fingerprint density at radius 1 is 1.07 bits per heavy atom. The Hall–Kier alpha value is -4.55. The summed E-state index contributed by atoms with van der Waals surface area (Å²) in [5, 5.41) is 5.25. The summed E-state index contributed by atoms with van der Waals surface area (Å²) in [6.07, 6.45) is -0.973. The fraction of sp³-hybridized carbons (Fsp3) is 0.611. The van der Waals surface area contributed by atoms with Crippen molar-refractivity contribution >= 4 is 44.9 Å². The molecule has 4 aliphatic rings. The second kappa shape index (κ2) is 14.5. The predicted molar refractivity (Wildman–Crippen MR) is 188 cm³/mol. The smallest absolute Gasteiger partial charge is 0.438 e. The molecule has 3 fully saturated rings. The Kier molecular flexibility index (Phi) is 10.6. The molecule has 3 heterocycles. The number of hydrogen-bond acceptors (Lipinski definition) is 10. The first-order chi connectivity index (χ1) is 25.6. The Morgan fingerprint density at radius 3 is 2.47 bits per heavy atom. The second-order valence-corrected chi connectivity index (χ2v) is 18.1. The minimum atomic E-state index is -5.09. The van der Waals surface area contributed by atoms with E-state index in [2.05, 4.69) is 25.3 Å². The standard InChI is InChI=1S/C36H44F4N6O8S/c1-33(2,3)54-32(50)42-24-13-9-7-5-6-8-11-20-18-35(20,31(49)45-55(51,52)34(4)15-16-34)44-28(47)25-17-21(19-46(25)30(24)48)53-29-27(36(38,39)40)41-23-14-10-12-22(37)26(23)43-29/h8,10-12,14,20-21,24-25H,5-7,9,13,15-19H2,1-4H3,(H,42,50)(H,44,47)(H,45,49)/b11-8-/t20-,21-,24+,25+,35-/m1/s1. The van der Waals surface area contributed by atoms with Gasteiger partial charge in [0.25, 0.3) is 5.91 Å². The van der Waals surface area contributed by atoms with Gasteiger partial charge in [-0.15, -0.1) is 0 Å². The number of benzene rings is 1. The molecule has 3 N–H and O–H groups in total. The molecule has 2 saturated carbocycles. The van der Waals surface area contributed by atoms with Gasteiger partial charge in [-0.05, 0) is 78.4 Å². The highest BCUT2D eigenvalue weighted by molar-refractivity contribution is 7.91. The summed E-state index contributed by atoms with van der Waals surface area (Å²) < 4.78 is 95.7. The van der Waals surface area contributed by atoms with Gasteiger partial charge < -0.3 is 25.0 Å². The lowest BCUT2D eigenvalue weighted by molar-refractivity contribution is -0.143. The number of hydrogen-bond donors (Lipinski definition) is 3. The van der Waals surface area contributed by atoms with Gasteiger partial charge in [-0.3, -0.25) is 19.1 Å². The molecule has 0 unspecified atom stereocenters. The maximum atomic E-state index is 14.7. The minimum Gasteiger partial charge on any atom is -0.471 e. The Balaban J connectivity index is 1.35. The van der Waals surface area contributed by atoms with Crippen molar-refractivity contribution in [3.63, 3.8) is 0 Å². The van der Waals surface area contributed by atoms with Crippen LogP contribution in [0.3, 0.4) is 0 Å². The molecule has 1 saturated heterocycles. The number of alkyl carbamates (subject to hydrolysis) is 1. The number of ether oxygens (including phenoxy) is 2. The van der Waals surface area contributed by atoms with Gasteiger partial charge in [0.05, 0.1) is 16.8 Å². The van der Waals surface area contributed by atoms with Crippen molar-refractivity contribution in [2.45, 2.75) is 126 Å². The molecule has 19 heteroatoms. The molecule has 2 aromatic rings. The van der Waals surface area contributed by atoms with E-state index in [1.807, 2.05) is 6.08 Å². The van der Waals surface area contributed by atoms with Crippen molar-refractivity contribution in [3.05, 3.63) is 41.9 Å². The summed E-state index contributed by atoms with van der Waals surface area (Å²) in [6.45, 7) is 5.91. The van der Waals surface area contributed by atoms with Gasteiger partial charge in [0.1, 0.15) is 34.8 Å². The first kappa shape index (κ1) is 40.1. The van der Waals surface area contributed by atoms with Crippen LogP contribution in [0.15, 0.2) is 30.4 Å². The van der Waals surface area contributed by atoms with Crippen LogP contribution in [-0.4, -0.2) is 87.7 Å². The molecular formula is C36H44F4N6O8S. The average Bonchev–Trinajstić information content (AvgIpc) is 3.95. The van der Waals surface area contributed by atoms with E-state index in [9.17, 15) is 45.2 Å². The van der Waals surface area contributed by atoms with Gasteiger partial charge in [0, 0.05) is 12.3 Å². The first-order valence-corrected chi connectivity index (χ1v) is 19.7. The number of carbonyl (C=O) groups is 4. The van der Waals surface area contributed by atoms with Crippen molar-refractivity contribution < 1.29 is 54.6 Å². The molecule has 0 spiro atoms. The highest BCUT2D eigenvalue weighted by atomic mass is 32.2. The molecule has 0 radical (unpaired) electrons. The van der Waals surface area contributed by atoms with E-state index in [0.717, 1.165) is 17.0 Å². The molecule has 1 aromatic heterocycles. The molecule has 1 aromatic carbocycles. The highest BCUT2D eigenvalue weighted by Crippen LogP contribution is 2.47. The van der Waals surface area contributed by atoms with Gasteiger partial charge in [-0.25, -0.2) is 27.6 Å². The number of halogens is 4. The fourth-order valence-corrected chi connectivity index (χ4v) is 8.16. The van der Waals surface area contributed by atoms with Crippen LogP contribution in [0.4, 0.5) is 22.4 Å². The minimum absolute atomic E-state index is 0.0455. The molecule has 2 aliphatic carbocycles. The van der Waals surface area contributed by atoms with Crippen LogP contribution >= 0.6 is 0 Å². The predicted octanol–water partition coefficient (Wildman–Crippen LogP) is 4.42. The number of nitrogens with zero attached hydrogens (tertiary/aromatic N) is 3. The number of rotatable bonds is 6. The van der Waals surface area contributed by atoms with Gasteiger partial charge >= 0.3 is 12.3 Å². The number of fused-ring (bicyclic) bond motifs is 3. The molecule has 4 amide bonds. The van der Waals surface area contributed by atoms with Crippen LogP contribution in [0.5, 0.6) is 5.88 Å². The normalized spacial score (nSPS) is 27.7. The zero-order valence-corrected chi connectivity index (χ0v) is 31.6. The third-order valence-corrected chi connectivity index (χ3v) is 12.5. The molecule has 6 rings (SSSR count). The Labute approximate surface area is 315 Å². The lowest BCUT2D eigenvalue weighted by Gasteiger charge is -2.30.